The van der Waals surface area contributed by atoms with Crippen LogP contribution < -0.4 is 9.47 Å². The van der Waals surface area contributed by atoms with Crippen LogP contribution in [0.5, 0.6) is 11.5 Å². The third-order valence-corrected chi connectivity index (χ3v) is 7.08. The Kier molecular flexibility index (Phi) is 9.31. The van der Waals surface area contributed by atoms with Crippen LogP contribution in [0.3, 0.4) is 0 Å². The van der Waals surface area contributed by atoms with Crippen molar-refractivity contribution in [3.8, 4) is 11.5 Å². The summed E-state index contributed by atoms with van der Waals surface area (Å²) in [5.41, 5.74) is 2.08. The fraction of sp³-hybridized carbons (Fsp3) is 0.417. The Balaban J connectivity index is 1.74. The molecule has 31 heavy (non-hydrogen) atoms. The van der Waals surface area contributed by atoms with Crippen LogP contribution in [0.1, 0.15) is 30.9 Å². The first kappa shape index (κ1) is 23.7. The number of piperidine rings is 1. The molecule has 1 unspecified atom stereocenters. The number of rotatable bonds is 10. The summed E-state index contributed by atoms with van der Waals surface area (Å²) in [7, 11) is 3.26. The third kappa shape index (κ3) is 6.28. The molecule has 0 aromatic heterocycles. The zero-order chi connectivity index (χ0) is 22.1. The Hall–Kier alpha value is -1.96. The molecule has 0 radical (unpaired) electrons. The number of hydrogen-bond acceptors (Lipinski definition) is 7. The van der Waals surface area contributed by atoms with E-state index in [0.29, 0.717) is 17.4 Å². The number of nitrogens with zero attached hydrogens (tertiary/aromatic N) is 3. The summed E-state index contributed by atoms with van der Waals surface area (Å²) in [6.45, 7) is 5.93. The van der Waals surface area contributed by atoms with E-state index in [1.165, 1.54) is 29.7 Å². The van der Waals surface area contributed by atoms with E-state index in [9.17, 15) is 0 Å². The smallest absolute Gasteiger partial charge is 0.162 e. The molecule has 0 amide bonds. The van der Waals surface area contributed by atoms with Gasteiger partial charge in [0.2, 0.25) is 0 Å². The lowest BCUT2D eigenvalue weighted by molar-refractivity contribution is 0.205. The van der Waals surface area contributed by atoms with Gasteiger partial charge in [0.1, 0.15) is 0 Å². The summed E-state index contributed by atoms with van der Waals surface area (Å²) in [5.74, 6) is 1.93. The molecule has 0 N–H and O–H groups in total. The van der Waals surface area contributed by atoms with Gasteiger partial charge in [-0.1, -0.05) is 30.3 Å². The van der Waals surface area contributed by atoms with Crippen molar-refractivity contribution in [2.75, 3.05) is 39.4 Å². The molecule has 5 nitrogen and oxygen atoms in total. The summed E-state index contributed by atoms with van der Waals surface area (Å²) < 4.78 is 10.8. The van der Waals surface area contributed by atoms with E-state index in [0.717, 1.165) is 23.7 Å². The van der Waals surface area contributed by atoms with Gasteiger partial charge in [0.25, 0.3) is 0 Å². The second kappa shape index (κ2) is 12.2. The van der Waals surface area contributed by atoms with E-state index in [1.54, 1.807) is 37.7 Å². The van der Waals surface area contributed by atoms with Crippen molar-refractivity contribution in [1.82, 2.24) is 4.90 Å². The normalized spacial score (nSPS) is 15.7. The fourth-order valence-electron chi connectivity index (χ4n) is 3.73. The molecular formula is C24H31N3O2S2. The highest BCUT2D eigenvalue weighted by atomic mass is 32.2. The van der Waals surface area contributed by atoms with Gasteiger partial charge in [0.15, 0.2) is 11.5 Å². The number of likely N-dealkylation sites (tertiary alicyclic amines) is 1. The summed E-state index contributed by atoms with van der Waals surface area (Å²) in [6, 6.07) is 12.9. The van der Waals surface area contributed by atoms with Gasteiger partial charge < -0.3 is 9.47 Å². The van der Waals surface area contributed by atoms with Crippen molar-refractivity contribution in [3.05, 3.63) is 42.0 Å². The minimum absolute atomic E-state index is 0.208. The minimum Gasteiger partial charge on any atom is -0.493 e. The van der Waals surface area contributed by atoms with Crippen molar-refractivity contribution in [2.24, 2.45) is 9.98 Å². The molecular weight excluding hydrogens is 426 g/mol. The largest absolute Gasteiger partial charge is 0.493 e. The van der Waals surface area contributed by atoms with Crippen molar-refractivity contribution < 1.29 is 9.47 Å². The summed E-state index contributed by atoms with van der Waals surface area (Å²) in [6.07, 6.45) is 8.03. The maximum Gasteiger partial charge on any atom is 0.162 e. The second-order valence-corrected chi connectivity index (χ2v) is 9.12. The molecule has 1 heterocycles. The molecule has 0 aliphatic carbocycles. The van der Waals surface area contributed by atoms with Gasteiger partial charge >= 0.3 is 0 Å². The van der Waals surface area contributed by atoms with Crippen LogP contribution in [0.4, 0.5) is 5.69 Å². The SMILES string of the molecule is C=Nc1cc(OC)c(OC)cc1SC/N=C/C(c1ccc(SC)cc1)N1CCCCC1. The molecule has 1 aliphatic heterocycles. The first-order valence-electron chi connectivity index (χ1n) is 10.4. The monoisotopic (exact) mass is 457 g/mol. The Labute approximate surface area is 194 Å². The number of methoxy groups -OCH3 is 2. The van der Waals surface area contributed by atoms with E-state index in [1.807, 2.05) is 12.1 Å². The maximum atomic E-state index is 5.43. The van der Waals surface area contributed by atoms with E-state index >= 15 is 0 Å². The Morgan fingerprint density at radius 2 is 1.74 bits per heavy atom. The molecule has 0 bridgehead atoms. The minimum atomic E-state index is 0.208. The molecule has 166 valence electrons. The maximum absolute atomic E-state index is 5.43. The van der Waals surface area contributed by atoms with E-state index < -0.39 is 0 Å². The van der Waals surface area contributed by atoms with E-state index in [-0.39, 0.29) is 6.04 Å². The quantitative estimate of drug-likeness (QED) is 0.318. The predicted molar refractivity (Wildman–Crippen MR) is 134 cm³/mol. The van der Waals surface area contributed by atoms with Crippen LogP contribution in [0.15, 0.2) is 56.2 Å². The van der Waals surface area contributed by atoms with E-state index in [2.05, 4.69) is 53.3 Å². The number of benzene rings is 2. The lowest BCUT2D eigenvalue weighted by Crippen LogP contribution is -2.34. The molecule has 2 aromatic rings. The highest BCUT2D eigenvalue weighted by Crippen LogP contribution is 2.39. The lowest BCUT2D eigenvalue weighted by atomic mass is 10.0. The summed E-state index contributed by atoms with van der Waals surface area (Å²) >= 11 is 3.39. The highest BCUT2D eigenvalue weighted by Gasteiger charge is 2.20. The van der Waals surface area contributed by atoms with Crippen LogP contribution in [0, 0.1) is 0 Å². The predicted octanol–water partition coefficient (Wildman–Crippen LogP) is 6.11. The number of ether oxygens (including phenoxy) is 2. The van der Waals surface area contributed by atoms with E-state index in [4.69, 9.17) is 14.5 Å². The standard InChI is InChI=1S/C24H31N3O2S2/c1-25-20-14-22(28-2)23(29-3)15-24(20)31-17-26-16-21(27-12-6-5-7-13-27)18-8-10-19(30-4)11-9-18/h8-11,14-16,21H,1,5-7,12-13,17H2,2-4H3/b26-16+. The third-order valence-electron chi connectivity index (χ3n) is 5.42. The van der Waals surface area contributed by atoms with Crippen LogP contribution in [-0.4, -0.2) is 57.3 Å². The Morgan fingerprint density at radius 3 is 2.35 bits per heavy atom. The van der Waals surface area contributed by atoms with Gasteiger partial charge in [0.05, 0.1) is 31.8 Å². The molecule has 1 atom stereocenters. The van der Waals surface area contributed by atoms with Gasteiger partial charge in [-0.25, -0.2) is 0 Å². The first-order chi connectivity index (χ1) is 15.2. The van der Waals surface area contributed by atoms with Gasteiger partial charge in [-0.05, 0) is 62.7 Å². The average Bonchev–Trinajstić information content (AvgIpc) is 2.84. The molecule has 1 fully saturated rings. The van der Waals surface area contributed by atoms with Crippen LogP contribution in [0.25, 0.3) is 0 Å². The average molecular weight is 458 g/mol. The van der Waals surface area contributed by atoms with Gasteiger partial charge in [-0.15, -0.1) is 11.8 Å². The molecule has 0 saturated carbocycles. The number of thioether (sulfide) groups is 2. The van der Waals surface area contributed by atoms with Gasteiger partial charge in [0, 0.05) is 22.1 Å². The Morgan fingerprint density at radius 1 is 1.06 bits per heavy atom. The zero-order valence-corrected chi connectivity index (χ0v) is 20.2. The highest BCUT2D eigenvalue weighted by molar-refractivity contribution is 7.99. The van der Waals surface area contributed by atoms with Crippen LogP contribution in [0.2, 0.25) is 0 Å². The molecule has 3 rings (SSSR count). The Bertz CT molecular complexity index is 881. The van der Waals surface area contributed by atoms with Crippen LogP contribution in [-0.2, 0) is 0 Å². The lowest BCUT2D eigenvalue weighted by Gasteiger charge is -2.32. The summed E-state index contributed by atoms with van der Waals surface area (Å²) in [5, 5.41) is 0. The van der Waals surface area contributed by atoms with Crippen molar-refractivity contribution in [3.63, 3.8) is 0 Å². The zero-order valence-electron chi connectivity index (χ0n) is 18.5. The molecule has 0 spiro atoms. The molecule has 1 aliphatic rings. The second-order valence-electron chi connectivity index (χ2n) is 7.25. The number of hydrogen-bond donors (Lipinski definition) is 0. The first-order valence-corrected chi connectivity index (χ1v) is 12.6. The topological polar surface area (TPSA) is 46.4 Å². The van der Waals surface area contributed by atoms with Gasteiger partial charge in [-0.3, -0.25) is 14.9 Å². The van der Waals surface area contributed by atoms with Crippen molar-refractivity contribution in [2.45, 2.75) is 35.1 Å². The fourth-order valence-corrected chi connectivity index (χ4v) is 4.90. The molecule has 1 saturated heterocycles. The van der Waals surface area contributed by atoms with Crippen molar-refractivity contribution in [1.29, 1.82) is 0 Å². The van der Waals surface area contributed by atoms with Crippen LogP contribution >= 0.6 is 23.5 Å². The van der Waals surface area contributed by atoms with Gasteiger partial charge in [-0.2, -0.15) is 0 Å². The molecule has 2 aromatic carbocycles. The summed E-state index contributed by atoms with van der Waals surface area (Å²) in [4.78, 5) is 13.7. The van der Waals surface area contributed by atoms with Crippen molar-refractivity contribution >= 4 is 42.1 Å². The molecule has 7 heteroatoms. The number of aliphatic imine (C=N–C) groups is 2.